The molecule has 0 radical (unpaired) electrons. The van der Waals surface area contributed by atoms with E-state index in [1.54, 1.807) is 37.3 Å². The van der Waals surface area contributed by atoms with E-state index in [9.17, 15) is 9.59 Å². The summed E-state index contributed by atoms with van der Waals surface area (Å²) in [7, 11) is 0. The van der Waals surface area contributed by atoms with Crippen molar-refractivity contribution in [2.75, 3.05) is 6.61 Å². The second kappa shape index (κ2) is 7.23. The van der Waals surface area contributed by atoms with Gasteiger partial charge in [0.05, 0.1) is 6.21 Å². The van der Waals surface area contributed by atoms with Gasteiger partial charge in [-0.05, 0) is 24.6 Å². The van der Waals surface area contributed by atoms with Gasteiger partial charge in [-0.2, -0.15) is 5.10 Å². The molecule has 0 spiro atoms. The fraction of sp³-hybridized carbons (Fsp3) is 0.150. The van der Waals surface area contributed by atoms with E-state index in [0.29, 0.717) is 23.5 Å². The summed E-state index contributed by atoms with van der Waals surface area (Å²) in [5.74, 6) is 0.156. The number of hydrogen-bond acceptors (Lipinski definition) is 4. The molecule has 1 N–H and O–H groups in total. The summed E-state index contributed by atoms with van der Waals surface area (Å²) in [5, 5.41) is 7.64. The van der Waals surface area contributed by atoms with Gasteiger partial charge >= 0.3 is 6.03 Å². The highest BCUT2D eigenvalue weighted by molar-refractivity contribution is 6.07. The molecule has 3 rings (SSSR count). The van der Waals surface area contributed by atoms with Gasteiger partial charge < -0.3 is 10.1 Å². The van der Waals surface area contributed by atoms with Gasteiger partial charge in [-0.15, -0.1) is 5.01 Å². The Hall–Kier alpha value is -3.41. The van der Waals surface area contributed by atoms with Crippen LogP contribution in [0.4, 0.5) is 4.79 Å². The standard InChI is InChI=1S/C20H19N3O3/c1-3-13-26-17-12-8-7-9-15(17)14-21-23-18(24)20(2,22-19(23)25)16-10-5-4-6-11-16/h3-12,14H,1,13H2,2H3,(H,22,25). The van der Waals surface area contributed by atoms with E-state index in [0.717, 1.165) is 5.01 Å². The zero-order chi connectivity index (χ0) is 18.6. The summed E-state index contributed by atoms with van der Waals surface area (Å²) in [6.45, 7) is 5.63. The molecule has 1 heterocycles. The number of carbonyl (C=O) groups excluding carboxylic acids is 2. The van der Waals surface area contributed by atoms with E-state index in [1.165, 1.54) is 6.21 Å². The molecule has 1 aliphatic rings. The lowest BCUT2D eigenvalue weighted by atomic mass is 9.92. The average molecular weight is 349 g/mol. The first kappa shape index (κ1) is 17.4. The first-order valence-electron chi connectivity index (χ1n) is 8.15. The molecule has 6 nitrogen and oxygen atoms in total. The second-order valence-electron chi connectivity index (χ2n) is 5.92. The second-order valence-corrected chi connectivity index (χ2v) is 5.92. The number of carbonyl (C=O) groups is 2. The van der Waals surface area contributed by atoms with E-state index in [-0.39, 0.29) is 0 Å². The van der Waals surface area contributed by atoms with Crippen molar-refractivity contribution in [3.05, 3.63) is 78.4 Å². The van der Waals surface area contributed by atoms with Gasteiger partial charge in [0.25, 0.3) is 5.91 Å². The number of imide groups is 1. The van der Waals surface area contributed by atoms with Crippen LogP contribution in [0.15, 0.2) is 72.4 Å². The summed E-state index contributed by atoms with van der Waals surface area (Å²) in [5.41, 5.74) is 0.211. The Kier molecular flexibility index (Phi) is 4.84. The third-order valence-electron chi connectivity index (χ3n) is 4.11. The quantitative estimate of drug-likeness (QED) is 0.495. The first-order valence-corrected chi connectivity index (χ1v) is 8.15. The van der Waals surface area contributed by atoms with Gasteiger partial charge in [0.15, 0.2) is 0 Å². The fourth-order valence-corrected chi connectivity index (χ4v) is 2.68. The Morgan fingerprint density at radius 1 is 1.15 bits per heavy atom. The number of benzene rings is 2. The van der Waals surface area contributed by atoms with Gasteiger partial charge in [-0.3, -0.25) is 4.79 Å². The molecule has 132 valence electrons. The van der Waals surface area contributed by atoms with Crippen molar-refractivity contribution in [1.29, 1.82) is 0 Å². The number of hydrazone groups is 1. The molecule has 2 aromatic rings. The van der Waals surface area contributed by atoms with Gasteiger partial charge in [-0.1, -0.05) is 55.1 Å². The molecular formula is C20H19N3O3. The molecule has 2 aromatic carbocycles. The largest absolute Gasteiger partial charge is 0.489 e. The molecule has 0 bridgehead atoms. The van der Waals surface area contributed by atoms with Crippen LogP contribution >= 0.6 is 0 Å². The molecule has 3 amide bonds. The Morgan fingerprint density at radius 3 is 2.58 bits per heavy atom. The Balaban J connectivity index is 1.85. The average Bonchev–Trinajstić information content (AvgIpc) is 2.89. The van der Waals surface area contributed by atoms with Crippen LogP contribution in [0.1, 0.15) is 18.1 Å². The van der Waals surface area contributed by atoms with Crippen LogP contribution in [0.2, 0.25) is 0 Å². The summed E-state index contributed by atoms with van der Waals surface area (Å²) in [6, 6.07) is 15.7. The van der Waals surface area contributed by atoms with Crippen LogP contribution in [0.3, 0.4) is 0 Å². The van der Waals surface area contributed by atoms with Gasteiger partial charge in [0, 0.05) is 5.56 Å². The maximum Gasteiger partial charge on any atom is 0.346 e. The lowest BCUT2D eigenvalue weighted by Gasteiger charge is -2.20. The molecule has 6 heteroatoms. The van der Waals surface area contributed by atoms with Crippen molar-refractivity contribution >= 4 is 18.2 Å². The molecule has 0 aliphatic carbocycles. The molecule has 1 atom stereocenters. The maximum atomic E-state index is 12.8. The number of hydrogen-bond donors (Lipinski definition) is 1. The number of ether oxygens (including phenoxy) is 1. The smallest absolute Gasteiger partial charge is 0.346 e. The van der Waals surface area contributed by atoms with Crippen LogP contribution < -0.4 is 10.1 Å². The Morgan fingerprint density at radius 2 is 1.85 bits per heavy atom. The molecule has 1 saturated heterocycles. The summed E-state index contributed by atoms with van der Waals surface area (Å²) in [4.78, 5) is 25.1. The van der Waals surface area contributed by atoms with Gasteiger partial charge in [-0.25, -0.2) is 4.79 Å². The van der Waals surface area contributed by atoms with Crippen molar-refractivity contribution in [2.24, 2.45) is 5.10 Å². The maximum absolute atomic E-state index is 12.8. The third kappa shape index (κ3) is 3.21. The SMILES string of the molecule is C=CCOc1ccccc1C=NN1C(=O)NC(C)(c2ccccc2)C1=O. The molecule has 1 unspecified atom stereocenters. The minimum atomic E-state index is -1.14. The number of para-hydroxylation sites is 1. The predicted molar refractivity (Wildman–Crippen MR) is 98.9 cm³/mol. The van der Waals surface area contributed by atoms with Crippen molar-refractivity contribution in [3.63, 3.8) is 0 Å². The van der Waals surface area contributed by atoms with Crippen molar-refractivity contribution in [1.82, 2.24) is 10.3 Å². The van der Waals surface area contributed by atoms with Crippen LogP contribution in [-0.2, 0) is 10.3 Å². The Bertz CT molecular complexity index is 864. The fourth-order valence-electron chi connectivity index (χ4n) is 2.68. The third-order valence-corrected chi connectivity index (χ3v) is 4.11. The molecule has 1 fully saturated rings. The van der Waals surface area contributed by atoms with Crippen molar-refractivity contribution < 1.29 is 14.3 Å². The zero-order valence-electron chi connectivity index (χ0n) is 14.4. The number of nitrogens with zero attached hydrogens (tertiary/aromatic N) is 2. The van der Waals surface area contributed by atoms with Crippen LogP contribution in [0.25, 0.3) is 0 Å². The number of urea groups is 1. The number of amides is 3. The van der Waals surface area contributed by atoms with Crippen LogP contribution in [0.5, 0.6) is 5.75 Å². The summed E-state index contributed by atoms with van der Waals surface area (Å²) >= 11 is 0. The molecule has 1 aliphatic heterocycles. The summed E-state index contributed by atoms with van der Waals surface area (Å²) < 4.78 is 5.55. The zero-order valence-corrected chi connectivity index (χ0v) is 14.4. The number of nitrogens with one attached hydrogen (secondary N) is 1. The lowest BCUT2D eigenvalue weighted by Crippen LogP contribution is -2.40. The van der Waals surface area contributed by atoms with E-state index in [2.05, 4.69) is 17.0 Å². The topological polar surface area (TPSA) is 71.0 Å². The van der Waals surface area contributed by atoms with Crippen LogP contribution in [-0.4, -0.2) is 29.8 Å². The summed E-state index contributed by atoms with van der Waals surface area (Å²) in [6.07, 6.45) is 3.07. The normalized spacial score (nSPS) is 19.7. The molecule has 0 aromatic heterocycles. The minimum absolute atomic E-state index is 0.347. The highest BCUT2D eigenvalue weighted by Gasteiger charge is 2.49. The predicted octanol–water partition coefficient (Wildman–Crippen LogP) is 3.05. The highest BCUT2D eigenvalue weighted by atomic mass is 16.5. The monoisotopic (exact) mass is 349 g/mol. The van der Waals surface area contributed by atoms with Crippen molar-refractivity contribution in [3.8, 4) is 5.75 Å². The first-order chi connectivity index (χ1) is 12.6. The highest BCUT2D eigenvalue weighted by Crippen LogP contribution is 2.28. The van der Waals surface area contributed by atoms with E-state index < -0.39 is 17.5 Å². The lowest BCUT2D eigenvalue weighted by molar-refractivity contribution is -0.131. The van der Waals surface area contributed by atoms with E-state index >= 15 is 0 Å². The minimum Gasteiger partial charge on any atom is -0.489 e. The van der Waals surface area contributed by atoms with Gasteiger partial charge in [0.2, 0.25) is 0 Å². The molecular weight excluding hydrogens is 330 g/mol. The number of rotatable bonds is 6. The molecule has 0 saturated carbocycles. The van der Waals surface area contributed by atoms with E-state index in [4.69, 9.17) is 4.74 Å². The van der Waals surface area contributed by atoms with Crippen molar-refractivity contribution in [2.45, 2.75) is 12.5 Å². The van der Waals surface area contributed by atoms with Crippen LogP contribution in [0, 0.1) is 0 Å². The molecule has 26 heavy (non-hydrogen) atoms. The van der Waals surface area contributed by atoms with Gasteiger partial charge in [0.1, 0.15) is 17.9 Å². The van der Waals surface area contributed by atoms with E-state index in [1.807, 2.05) is 30.3 Å². The Labute approximate surface area is 151 Å².